The van der Waals surface area contributed by atoms with Crippen molar-refractivity contribution in [3.63, 3.8) is 0 Å². The lowest BCUT2D eigenvalue weighted by atomic mass is 9.89. The largest absolute Gasteiger partial charge is 0.343 e. The molecule has 1 aliphatic carbocycles. The van der Waals surface area contributed by atoms with Gasteiger partial charge < -0.3 is 4.57 Å². The van der Waals surface area contributed by atoms with Gasteiger partial charge in [0.2, 0.25) is 0 Å². The SMILES string of the molecule is CCc1cc(-c2nc(-c3ccc(C)n3CC3CCCCC3)cs2)ccn1. The van der Waals surface area contributed by atoms with E-state index in [2.05, 4.69) is 53.0 Å². The Bertz CT molecular complexity index is 871. The molecule has 0 saturated heterocycles. The summed E-state index contributed by atoms with van der Waals surface area (Å²) in [5, 5.41) is 3.29. The first-order valence-corrected chi connectivity index (χ1v) is 10.7. The van der Waals surface area contributed by atoms with Crippen LogP contribution >= 0.6 is 11.3 Å². The molecule has 0 atom stereocenters. The molecule has 0 aromatic carbocycles. The number of aryl methyl sites for hydroxylation is 2. The highest BCUT2D eigenvalue weighted by atomic mass is 32.1. The Balaban J connectivity index is 1.61. The van der Waals surface area contributed by atoms with Gasteiger partial charge in [0, 0.05) is 35.1 Å². The van der Waals surface area contributed by atoms with Gasteiger partial charge in [-0.3, -0.25) is 4.98 Å². The van der Waals surface area contributed by atoms with Crippen LogP contribution in [-0.2, 0) is 13.0 Å². The molecule has 136 valence electrons. The van der Waals surface area contributed by atoms with Crippen LogP contribution in [0, 0.1) is 12.8 Å². The van der Waals surface area contributed by atoms with Gasteiger partial charge in [-0.2, -0.15) is 0 Å². The van der Waals surface area contributed by atoms with Crippen molar-refractivity contribution in [2.24, 2.45) is 5.92 Å². The summed E-state index contributed by atoms with van der Waals surface area (Å²) >= 11 is 1.73. The third-order valence-corrected chi connectivity index (χ3v) is 6.45. The van der Waals surface area contributed by atoms with E-state index < -0.39 is 0 Å². The Morgan fingerprint density at radius 3 is 2.81 bits per heavy atom. The minimum absolute atomic E-state index is 0.819. The van der Waals surface area contributed by atoms with E-state index in [9.17, 15) is 0 Å². The van der Waals surface area contributed by atoms with Crippen LogP contribution in [0.3, 0.4) is 0 Å². The molecule has 0 N–H and O–H groups in total. The lowest BCUT2D eigenvalue weighted by Gasteiger charge is -2.24. The number of aromatic nitrogens is 3. The Morgan fingerprint density at radius 2 is 2.00 bits per heavy atom. The molecule has 3 heterocycles. The first-order chi connectivity index (χ1) is 12.7. The van der Waals surface area contributed by atoms with Crippen LogP contribution < -0.4 is 0 Å². The number of pyridine rings is 1. The van der Waals surface area contributed by atoms with Crippen molar-refractivity contribution in [3.8, 4) is 22.0 Å². The smallest absolute Gasteiger partial charge is 0.124 e. The summed E-state index contributed by atoms with van der Waals surface area (Å²) in [5.74, 6) is 0.819. The lowest BCUT2D eigenvalue weighted by Crippen LogP contribution is -2.15. The minimum atomic E-state index is 0.819. The van der Waals surface area contributed by atoms with Gasteiger partial charge in [-0.1, -0.05) is 26.2 Å². The average molecular weight is 366 g/mol. The number of thiazole rings is 1. The second-order valence-electron chi connectivity index (χ2n) is 7.40. The molecule has 0 aliphatic heterocycles. The van der Waals surface area contributed by atoms with Gasteiger partial charge in [-0.25, -0.2) is 4.98 Å². The van der Waals surface area contributed by atoms with Gasteiger partial charge in [0.05, 0.1) is 11.4 Å². The number of rotatable bonds is 5. The maximum Gasteiger partial charge on any atom is 0.124 e. The maximum absolute atomic E-state index is 4.96. The zero-order chi connectivity index (χ0) is 17.9. The molecule has 3 nitrogen and oxygen atoms in total. The van der Waals surface area contributed by atoms with E-state index in [0.717, 1.165) is 35.3 Å². The van der Waals surface area contributed by atoms with Gasteiger partial charge in [0.25, 0.3) is 0 Å². The van der Waals surface area contributed by atoms with Gasteiger partial charge in [0.1, 0.15) is 5.01 Å². The summed E-state index contributed by atoms with van der Waals surface area (Å²) in [7, 11) is 0. The predicted molar refractivity (Wildman–Crippen MR) is 109 cm³/mol. The van der Waals surface area contributed by atoms with E-state index in [4.69, 9.17) is 4.98 Å². The minimum Gasteiger partial charge on any atom is -0.343 e. The molecule has 4 rings (SSSR count). The Labute approximate surface area is 160 Å². The third-order valence-electron chi connectivity index (χ3n) is 5.56. The lowest BCUT2D eigenvalue weighted by molar-refractivity contribution is 0.319. The van der Waals surface area contributed by atoms with Gasteiger partial charge in [-0.15, -0.1) is 11.3 Å². The van der Waals surface area contributed by atoms with Crippen molar-refractivity contribution in [2.75, 3.05) is 0 Å². The first-order valence-electron chi connectivity index (χ1n) is 9.82. The standard InChI is InChI=1S/C22H27N3S/c1-3-19-13-18(11-12-23-19)22-24-20(15-26-22)21-10-9-16(2)25(21)14-17-7-5-4-6-8-17/h9-13,15,17H,3-8,14H2,1-2H3. The molecule has 1 saturated carbocycles. The van der Waals surface area contributed by atoms with Crippen LogP contribution in [0.25, 0.3) is 22.0 Å². The van der Waals surface area contributed by atoms with Gasteiger partial charge in [-0.05, 0) is 56.4 Å². The summed E-state index contributed by atoms with van der Waals surface area (Å²) < 4.78 is 2.48. The highest BCUT2D eigenvalue weighted by Crippen LogP contribution is 2.32. The van der Waals surface area contributed by atoms with Crippen LogP contribution in [0.5, 0.6) is 0 Å². The number of nitrogens with zero attached hydrogens (tertiary/aromatic N) is 3. The summed E-state index contributed by atoms with van der Waals surface area (Å²) in [6.07, 6.45) is 9.79. The maximum atomic E-state index is 4.96. The highest BCUT2D eigenvalue weighted by molar-refractivity contribution is 7.13. The van der Waals surface area contributed by atoms with Crippen molar-refractivity contribution >= 4 is 11.3 Å². The van der Waals surface area contributed by atoms with Crippen molar-refractivity contribution in [2.45, 2.75) is 58.9 Å². The van der Waals surface area contributed by atoms with Crippen LogP contribution in [0.15, 0.2) is 35.8 Å². The molecule has 0 spiro atoms. The van der Waals surface area contributed by atoms with Crippen LogP contribution in [0.2, 0.25) is 0 Å². The number of hydrogen-bond donors (Lipinski definition) is 0. The molecule has 0 radical (unpaired) electrons. The molecule has 1 aliphatic rings. The molecule has 1 fully saturated rings. The van der Waals surface area contributed by atoms with Crippen molar-refractivity contribution in [1.29, 1.82) is 0 Å². The van der Waals surface area contributed by atoms with E-state index in [1.165, 1.54) is 49.1 Å². The van der Waals surface area contributed by atoms with Crippen LogP contribution in [0.4, 0.5) is 0 Å². The van der Waals surface area contributed by atoms with Gasteiger partial charge >= 0.3 is 0 Å². The average Bonchev–Trinajstić information content (AvgIpc) is 3.30. The second kappa shape index (κ2) is 7.75. The molecule has 0 bridgehead atoms. The molecule has 3 aromatic heterocycles. The summed E-state index contributed by atoms with van der Waals surface area (Å²) in [6.45, 7) is 5.49. The Hall–Kier alpha value is -1.94. The fraction of sp³-hybridized carbons (Fsp3) is 0.455. The normalized spacial score (nSPS) is 15.5. The number of hydrogen-bond acceptors (Lipinski definition) is 3. The topological polar surface area (TPSA) is 30.7 Å². The monoisotopic (exact) mass is 365 g/mol. The van der Waals surface area contributed by atoms with E-state index in [0.29, 0.717) is 0 Å². The zero-order valence-electron chi connectivity index (χ0n) is 15.7. The Morgan fingerprint density at radius 1 is 1.15 bits per heavy atom. The summed E-state index contributed by atoms with van der Waals surface area (Å²) in [5.41, 5.74) is 6.01. The Kier molecular flexibility index (Phi) is 5.21. The van der Waals surface area contributed by atoms with E-state index in [1.807, 2.05) is 6.20 Å². The van der Waals surface area contributed by atoms with E-state index >= 15 is 0 Å². The first kappa shape index (κ1) is 17.5. The fourth-order valence-corrected chi connectivity index (χ4v) is 4.80. The highest BCUT2D eigenvalue weighted by Gasteiger charge is 2.18. The van der Waals surface area contributed by atoms with Crippen molar-refractivity contribution in [1.82, 2.24) is 14.5 Å². The fourth-order valence-electron chi connectivity index (χ4n) is 3.99. The zero-order valence-corrected chi connectivity index (χ0v) is 16.6. The summed E-state index contributed by atoms with van der Waals surface area (Å²) in [4.78, 5) is 9.37. The van der Waals surface area contributed by atoms with E-state index in [1.54, 1.807) is 11.3 Å². The second-order valence-corrected chi connectivity index (χ2v) is 8.26. The molecule has 26 heavy (non-hydrogen) atoms. The van der Waals surface area contributed by atoms with Gasteiger partial charge in [0.15, 0.2) is 0 Å². The quantitative estimate of drug-likeness (QED) is 0.545. The molecule has 0 unspecified atom stereocenters. The molecule has 0 amide bonds. The molecular weight excluding hydrogens is 338 g/mol. The summed E-state index contributed by atoms with van der Waals surface area (Å²) in [6, 6.07) is 8.70. The van der Waals surface area contributed by atoms with Crippen LogP contribution in [0.1, 0.15) is 50.4 Å². The molecular formula is C22H27N3S. The van der Waals surface area contributed by atoms with Crippen molar-refractivity contribution < 1.29 is 0 Å². The van der Waals surface area contributed by atoms with Crippen LogP contribution in [-0.4, -0.2) is 14.5 Å². The predicted octanol–water partition coefficient (Wildman–Crippen LogP) is 6.12. The third kappa shape index (κ3) is 3.61. The molecule has 4 heteroatoms. The molecule has 3 aromatic rings. The van der Waals surface area contributed by atoms with E-state index in [-0.39, 0.29) is 0 Å². The van der Waals surface area contributed by atoms with Crippen molar-refractivity contribution in [3.05, 3.63) is 47.2 Å².